The molecule has 0 saturated carbocycles. The molecule has 2 aliphatic rings. The molecule has 2 atom stereocenters. The van der Waals surface area contributed by atoms with Gasteiger partial charge in [0.15, 0.2) is 0 Å². The molecule has 29 heavy (non-hydrogen) atoms. The van der Waals surface area contributed by atoms with Crippen molar-refractivity contribution >= 4 is 11.9 Å². The summed E-state index contributed by atoms with van der Waals surface area (Å²) in [5.74, 6) is 0.786. The molecule has 2 aliphatic heterocycles. The average molecular weight is 400 g/mol. The molecule has 0 aliphatic carbocycles. The maximum absolute atomic E-state index is 13.4. The van der Waals surface area contributed by atoms with Gasteiger partial charge in [0.05, 0.1) is 0 Å². The second kappa shape index (κ2) is 10.1. The van der Waals surface area contributed by atoms with Crippen LogP contribution < -0.4 is 0 Å². The van der Waals surface area contributed by atoms with Gasteiger partial charge in [-0.15, -0.1) is 0 Å². The van der Waals surface area contributed by atoms with E-state index in [-0.39, 0.29) is 11.9 Å². The number of carbonyl (C=O) groups is 2. The maximum atomic E-state index is 13.4. The van der Waals surface area contributed by atoms with Crippen LogP contribution in [0, 0.1) is 5.92 Å². The minimum absolute atomic E-state index is 0.0598. The quantitative estimate of drug-likeness (QED) is 0.714. The molecule has 0 unspecified atom stereocenters. The van der Waals surface area contributed by atoms with Gasteiger partial charge >= 0.3 is 6.03 Å². The Hall–Kier alpha value is -2.04. The summed E-state index contributed by atoms with van der Waals surface area (Å²) in [6.45, 7) is 10.0. The van der Waals surface area contributed by atoms with Crippen LogP contribution in [0.2, 0.25) is 0 Å². The van der Waals surface area contributed by atoms with Gasteiger partial charge in [-0.05, 0) is 51.5 Å². The maximum Gasteiger partial charge on any atom is 0.319 e. The SMILES string of the molecule is CC[C@@H](c1ccccc1)[C@@H]1CCCN1C(=O)C1CCN(C(=O)N(CC)CC)CC1. The fourth-order valence-corrected chi connectivity index (χ4v) is 5.16. The summed E-state index contributed by atoms with van der Waals surface area (Å²) in [6, 6.07) is 11.1. The predicted molar refractivity (Wildman–Crippen MR) is 117 cm³/mol. The molecule has 0 bridgehead atoms. The molecule has 1 aromatic rings. The highest BCUT2D eigenvalue weighted by Crippen LogP contribution is 2.35. The van der Waals surface area contributed by atoms with E-state index in [1.165, 1.54) is 5.56 Å². The van der Waals surface area contributed by atoms with E-state index < -0.39 is 0 Å². The largest absolute Gasteiger partial charge is 0.339 e. The Bertz CT molecular complexity index is 666. The Labute approximate surface area is 176 Å². The standard InChI is InChI=1S/C24H37N3O2/c1-4-21(19-11-8-7-9-12-19)22-13-10-16-27(22)23(28)20-14-17-26(18-15-20)24(29)25(5-2)6-3/h7-9,11-12,20-22H,4-6,10,13-18H2,1-3H3/t21-,22-/m0/s1. The lowest BCUT2D eigenvalue weighted by atomic mass is 9.86. The van der Waals surface area contributed by atoms with E-state index >= 15 is 0 Å². The minimum Gasteiger partial charge on any atom is -0.339 e. The third-order valence-corrected chi connectivity index (χ3v) is 6.86. The van der Waals surface area contributed by atoms with Gasteiger partial charge in [-0.25, -0.2) is 4.79 Å². The minimum atomic E-state index is 0.0598. The first-order valence-corrected chi connectivity index (χ1v) is 11.5. The number of likely N-dealkylation sites (tertiary alicyclic amines) is 2. The Balaban J connectivity index is 1.62. The van der Waals surface area contributed by atoms with Gasteiger partial charge in [-0.3, -0.25) is 4.79 Å². The highest BCUT2D eigenvalue weighted by molar-refractivity contribution is 5.80. The molecule has 5 nitrogen and oxygen atoms in total. The number of amides is 3. The molecule has 160 valence electrons. The molecule has 1 aromatic carbocycles. The lowest BCUT2D eigenvalue weighted by molar-refractivity contribution is -0.138. The van der Waals surface area contributed by atoms with Crippen LogP contribution in [0.5, 0.6) is 0 Å². The van der Waals surface area contributed by atoms with Gasteiger partial charge in [-0.1, -0.05) is 37.3 Å². The topological polar surface area (TPSA) is 43.9 Å². The fraction of sp³-hybridized carbons (Fsp3) is 0.667. The Morgan fingerprint density at radius 2 is 1.66 bits per heavy atom. The summed E-state index contributed by atoms with van der Waals surface area (Å²) in [4.78, 5) is 32.0. The van der Waals surface area contributed by atoms with E-state index in [0.29, 0.717) is 31.0 Å². The van der Waals surface area contributed by atoms with Crippen LogP contribution in [0.4, 0.5) is 4.79 Å². The normalized spacial score (nSPS) is 21.3. The number of rotatable bonds is 6. The molecule has 0 spiro atoms. The first-order valence-electron chi connectivity index (χ1n) is 11.5. The van der Waals surface area contributed by atoms with Crippen molar-refractivity contribution in [3.8, 4) is 0 Å². The Morgan fingerprint density at radius 3 is 2.24 bits per heavy atom. The van der Waals surface area contributed by atoms with Gasteiger partial charge in [0.25, 0.3) is 0 Å². The van der Waals surface area contributed by atoms with Gasteiger partial charge < -0.3 is 14.7 Å². The third kappa shape index (κ3) is 4.76. The van der Waals surface area contributed by atoms with Crippen molar-refractivity contribution in [2.75, 3.05) is 32.7 Å². The molecule has 3 amide bonds. The van der Waals surface area contributed by atoms with Crippen LogP contribution in [-0.2, 0) is 4.79 Å². The molecular weight excluding hydrogens is 362 g/mol. The second-order valence-corrected chi connectivity index (χ2v) is 8.38. The second-order valence-electron chi connectivity index (χ2n) is 8.38. The van der Waals surface area contributed by atoms with E-state index in [4.69, 9.17) is 0 Å². The highest BCUT2D eigenvalue weighted by Gasteiger charge is 2.38. The first-order chi connectivity index (χ1) is 14.1. The highest BCUT2D eigenvalue weighted by atomic mass is 16.2. The molecule has 3 rings (SSSR count). The predicted octanol–water partition coefficient (Wildman–Crippen LogP) is 4.35. The molecule has 0 N–H and O–H groups in total. The van der Waals surface area contributed by atoms with E-state index in [9.17, 15) is 9.59 Å². The molecule has 2 heterocycles. The molecule has 2 saturated heterocycles. The summed E-state index contributed by atoms with van der Waals surface area (Å²) >= 11 is 0. The van der Waals surface area contributed by atoms with Gasteiger partial charge in [0.2, 0.25) is 5.91 Å². The van der Waals surface area contributed by atoms with Gasteiger partial charge in [0.1, 0.15) is 0 Å². The summed E-state index contributed by atoms with van der Waals surface area (Å²) < 4.78 is 0. The monoisotopic (exact) mass is 399 g/mol. The number of urea groups is 1. The number of hydrogen-bond donors (Lipinski definition) is 0. The van der Waals surface area contributed by atoms with E-state index in [1.807, 2.05) is 23.6 Å². The van der Waals surface area contributed by atoms with E-state index in [1.54, 1.807) is 0 Å². The zero-order chi connectivity index (χ0) is 20.8. The van der Waals surface area contributed by atoms with Crippen LogP contribution >= 0.6 is 0 Å². The van der Waals surface area contributed by atoms with Crippen molar-refractivity contribution in [3.63, 3.8) is 0 Å². The van der Waals surface area contributed by atoms with Crippen LogP contribution in [0.3, 0.4) is 0 Å². The van der Waals surface area contributed by atoms with Crippen molar-refractivity contribution in [3.05, 3.63) is 35.9 Å². The first kappa shape index (κ1) is 21.7. The van der Waals surface area contributed by atoms with Crippen molar-refractivity contribution in [2.45, 2.75) is 64.8 Å². The van der Waals surface area contributed by atoms with Crippen LogP contribution in [0.1, 0.15) is 64.4 Å². The number of benzene rings is 1. The summed E-state index contributed by atoms with van der Waals surface area (Å²) in [7, 11) is 0. The number of hydrogen-bond acceptors (Lipinski definition) is 2. The molecule has 5 heteroatoms. The van der Waals surface area contributed by atoms with Crippen molar-refractivity contribution < 1.29 is 9.59 Å². The number of carbonyl (C=O) groups excluding carboxylic acids is 2. The fourth-order valence-electron chi connectivity index (χ4n) is 5.16. The summed E-state index contributed by atoms with van der Waals surface area (Å²) in [5.41, 5.74) is 1.35. The Kier molecular flexibility index (Phi) is 7.57. The molecule has 0 radical (unpaired) electrons. The molecule has 0 aromatic heterocycles. The van der Waals surface area contributed by atoms with Crippen LogP contribution in [0.25, 0.3) is 0 Å². The summed E-state index contributed by atoms with van der Waals surface area (Å²) in [5, 5.41) is 0. The number of nitrogens with zero attached hydrogens (tertiary/aromatic N) is 3. The van der Waals surface area contributed by atoms with Crippen molar-refractivity contribution in [2.24, 2.45) is 5.92 Å². The lowest BCUT2D eigenvalue weighted by Crippen LogP contribution is -2.50. The van der Waals surface area contributed by atoms with Crippen molar-refractivity contribution in [1.82, 2.24) is 14.7 Å². The lowest BCUT2D eigenvalue weighted by Gasteiger charge is -2.38. The van der Waals surface area contributed by atoms with E-state index in [0.717, 1.165) is 51.7 Å². The average Bonchev–Trinajstić information content (AvgIpc) is 3.25. The van der Waals surface area contributed by atoms with Crippen molar-refractivity contribution in [1.29, 1.82) is 0 Å². The van der Waals surface area contributed by atoms with Crippen LogP contribution in [-0.4, -0.2) is 65.4 Å². The third-order valence-electron chi connectivity index (χ3n) is 6.86. The molecular formula is C24H37N3O2. The van der Waals surface area contributed by atoms with Crippen LogP contribution in [0.15, 0.2) is 30.3 Å². The van der Waals surface area contributed by atoms with Gasteiger partial charge in [-0.2, -0.15) is 0 Å². The molecule has 2 fully saturated rings. The zero-order valence-electron chi connectivity index (χ0n) is 18.3. The zero-order valence-corrected chi connectivity index (χ0v) is 18.3. The van der Waals surface area contributed by atoms with E-state index in [2.05, 4.69) is 42.2 Å². The number of piperidine rings is 1. The Morgan fingerprint density at radius 1 is 1.00 bits per heavy atom. The smallest absolute Gasteiger partial charge is 0.319 e. The summed E-state index contributed by atoms with van der Waals surface area (Å²) in [6.07, 6.45) is 4.82. The van der Waals surface area contributed by atoms with Gasteiger partial charge in [0, 0.05) is 50.6 Å².